The lowest BCUT2D eigenvalue weighted by Gasteiger charge is -2.23. The number of rotatable bonds is 5. The second kappa shape index (κ2) is 6.63. The smallest absolute Gasteiger partial charge is 0.00966 e. The third kappa shape index (κ3) is 5.92. The molecule has 0 fully saturated rings. The Labute approximate surface area is 117 Å². The van der Waals surface area contributed by atoms with Crippen LogP contribution in [0.25, 0.3) is 0 Å². The highest BCUT2D eigenvalue weighted by molar-refractivity contribution is 7.99. The van der Waals surface area contributed by atoms with Gasteiger partial charge in [0.15, 0.2) is 0 Å². The molecule has 102 valence electrons. The first-order chi connectivity index (χ1) is 8.28. The van der Waals surface area contributed by atoms with Crippen molar-refractivity contribution in [2.24, 2.45) is 5.92 Å². The number of benzene rings is 1. The van der Waals surface area contributed by atoms with Crippen LogP contribution < -0.4 is 5.32 Å². The first-order valence-corrected chi connectivity index (χ1v) is 7.71. The van der Waals surface area contributed by atoms with Crippen molar-refractivity contribution in [3.63, 3.8) is 0 Å². The summed E-state index contributed by atoms with van der Waals surface area (Å²) in [5.74, 6) is 1.86. The van der Waals surface area contributed by atoms with Gasteiger partial charge >= 0.3 is 0 Å². The first kappa shape index (κ1) is 15.6. The fourth-order valence-corrected chi connectivity index (χ4v) is 2.60. The quantitative estimate of drug-likeness (QED) is 0.791. The zero-order chi connectivity index (χ0) is 13.8. The first-order valence-electron chi connectivity index (χ1n) is 6.73. The molecule has 1 aromatic rings. The van der Waals surface area contributed by atoms with E-state index in [1.807, 2.05) is 11.8 Å². The van der Waals surface area contributed by atoms with Gasteiger partial charge in [0.2, 0.25) is 0 Å². The molecular formula is C16H27NS. The molecule has 1 unspecified atom stereocenters. The van der Waals surface area contributed by atoms with Crippen molar-refractivity contribution in [1.29, 1.82) is 0 Å². The van der Waals surface area contributed by atoms with Crippen LogP contribution in [0.2, 0.25) is 0 Å². The molecule has 0 spiro atoms. The van der Waals surface area contributed by atoms with Gasteiger partial charge in [0, 0.05) is 16.2 Å². The van der Waals surface area contributed by atoms with Crippen molar-refractivity contribution >= 4 is 11.8 Å². The van der Waals surface area contributed by atoms with Gasteiger partial charge in [-0.1, -0.05) is 13.0 Å². The Hall–Kier alpha value is -0.470. The van der Waals surface area contributed by atoms with Crippen LogP contribution in [0.15, 0.2) is 23.1 Å². The minimum absolute atomic E-state index is 0.222. The maximum absolute atomic E-state index is 3.57. The van der Waals surface area contributed by atoms with Gasteiger partial charge < -0.3 is 5.32 Å². The van der Waals surface area contributed by atoms with E-state index in [1.165, 1.54) is 21.8 Å². The van der Waals surface area contributed by atoms with Gasteiger partial charge in [0.05, 0.1) is 0 Å². The number of nitrogens with one attached hydrogen (secondary N) is 1. The Bertz CT molecular complexity index is 379. The maximum atomic E-state index is 3.57. The van der Waals surface area contributed by atoms with E-state index in [-0.39, 0.29) is 5.54 Å². The number of aryl methyl sites for hydroxylation is 2. The SMILES string of the molecule is Cc1ccc(SCC(C)CNC(C)(C)C)cc1C. The highest BCUT2D eigenvalue weighted by Crippen LogP contribution is 2.23. The average molecular weight is 265 g/mol. The summed E-state index contributed by atoms with van der Waals surface area (Å²) in [6, 6.07) is 6.75. The van der Waals surface area contributed by atoms with Crippen molar-refractivity contribution in [1.82, 2.24) is 5.32 Å². The summed E-state index contributed by atoms with van der Waals surface area (Å²) < 4.78 is 0. The molecule has 0 saturated carbocycles. The highest BCUT2D eigenvalue weighted by atomic mass is 32.2. The van der Waals surface area contributed by atoms with E-state index in [0.717, 1.165) is 6.54 Å². The second-order valence-electron chi connectivity index (χ2n) is 6.29. The summed E-state index contributed by atoms with van der Waals surface area (Å²) in [6.07, 6.45) is 0. The normalized spacial score (nSPS) is 13.7. The Morgan fingerprint density at radius 1 is 1.17 bits per heavy atom. The second-order valence-corrected chi connectivity index (χ2v) is 7.39. The molecule has 0 radical (unpaired) electrons. The molecule has 0 saturated heterocycles. The van der Waals surface area contributed by atoms with E-state index in [2.05, 4.69) is 65.1 Å². The molecule has 1 nitrogen and oxygen atoms in total. The molecule has 1 N–H and O–H groups in total. The van der Waals surface area contributed by atoms with Crippen LogP contribution >= 0.6 is 11.8 Å². The molecule has 0 aliphatic carbocycles. The van der Waals surface area contributed by atoms with E-state index in [0.29, 0.717) is 5.92 Å². The third-order valence-electron chi connectivity index (χ3n) is 2.99. The summed E-state index contributed by atoms with van der Waals surface area (Å²) in [6.45, 7) is 14.4. The van der Waals surface area contributed by atoms with E-state index in [1.54, 1.807) is 0 Å². The van der Waals surface area contributed by atoms with Gasteiger partial charge in [0.25, 0.3) is 0 Å². The molecular weight excluding hydrogens is 238 g/mol. The highest BCUT2D eigenvalue weighted by Gasteiger charge is 2.11. The summed E-state index contributed by atoms with van der Waals surface area (Å²) >= 11 is 1.96. The molecule has 0 bridgehead atoms. The predicted molar refractivity (Wildman–Crippen MR) is 83.6 cm³/mol. The van der Waals surface area contributed by atoms with E-state index < -0.39 is 0 Å². The van der Waals surface area contributed by atoms with Crippen molar-refractivity contribution < 1.29 is 0 Å². The van der Waals surface area contributed by atoms with Gasteiger partial charge in [-0.2, -0.15) is 0 Å². The van der Waals surface area contributed by atoms with Gasteiger partial charge in [0.1, 0.15) is 0 Å². The number of thioether (sulfide) groups is 1. The molecule has 1 atom stereocenters. The van der Waals surface area contributed by atoms with E-state index >= 15 is 0 Å². The molecule has 2 heteroatoms. The molecule has 0 aromatic heterocycles. The Kier molecular flexibility index (Phi) is 5.74. The van der Waals surface area contributed by atoms with Gasteiger partial charge in [-0.05, 0) is 70.3 Å². The van der Waals surface area contributed by atoms with E-state index in [9.17, 15) is 0 Å². The fourth-order valence-electron chi connectivity index (χ4n) is 1.58. The van der Waals surface area contributed by atoms with Crippen molar-refractivity contribution in [3.05, 3.63) is 29.3 Å². The molecule has 1 rings (SSSR count). The number of hydrogen-bond acceptors (Lipinski definition) is 2. The van der Waals surface area contributed by atoms with Crippen molar-refractivity contribution in [3.8, 4) is 0 Å². The topological polar surface area (TPSA) is 12.0 Å². The Morgan fingerprint density at radius 3 is 2.39 bits per heavy atom. The van der Waals surface area contributed by atoms with Crippen molar-refractivity contribution in [2.45, 2.75) is 52.0 Å². The molecule has 0 amide bonds. The molecule has 0 aliphatic rings. The molecule has 0 aliphatic heterocycles. The molecule has 1 aromatic carbocycles. The Morgan fingerprint density at radius 2 is 1.83 bits per heavy atom. The lowest BCUT2D eigenvalue weighted by Crippen LogP contribution is -2.39. The van der Waals surface area contributed by atoms with Crippen LogP contribution in [-0.2, 0) is 0 Å². The zero-order valence-corrected chi connectivity index (χ0v) is 13.4. The average Bonchev–Trinajstić information content (AvgIpc) is 2.27. The van der Waals surface area contributed by atoms with Crippen molar-refractivity contribution in [2.75, 3.05) is 12.3 Å². The zero-order valence-electron chi connectivity index (χ0n) is 12.6. The van der Waals surface area contributed by atoms with Crippen LogP contribution in [0.3, 0.4) is 0 Å². The predicted octanol–water partition coefficient (Wildman–Crippen LogP) is 4.42. The minimum Gasteiger partial charge on any atom is -0.312 e. The number of hydrogen-bond donors (Lipinski definition) is 1. The van der Waals surface area contributed by atoms with E-state index in [4.69, 9.17) is 0 Å². The van der Waals surface area contributed by atoms with Gasteiger partial charge in [-0.3, -0.25) is 0 Å². The summed E-state index contributed by atoms with van der Waals surface area (Å²) in [4.78, 5) is 1.39. The van der Waals surface area contributed by atoms with Crippen LogP contribution in [0.4, 0.5) is 0 Å². The third-order valence-corrected chi connectivity index (χ3v) is 4.32. The molecule has 0 heterocycles. The van der Waals surface area contributed by atoms with Crippen LogP contribution in [0, 0.1) is 19.8 Å². The lowest BCUT2D eigenvalue weighted by atomic mass is 10.1. The Balaban J connectivity index is 2.38. The summed E-state index contributed by atoms with van der Waals surface area (Å²) in [7, 11) is 0. The summed E-state index contributed by atoms with van der Waals surface area (Å²) in [5.41, 5.74) is 2.99. The van der Waals surface area contributed by atoms with Crippen LogP contribution in [0.1, 0.15) is 38.8 Å². The standard InChI is InChI=1S/C16H27NS/c1-12(10-17-16(4,5)6)11-18-15-8-7-13(2)14(3)9-15/h7-9,12,17H,10-11H2,1-6H3. The minimum atomic E-state index is 0.222. The van der Waals surface area contributed by atoms with Gasteiger partial charge in [-0.15, -0.1) is 11.8 Å². The van der Waals surface area contributed by atoms with Crippen LogP contribution in [-0.4, -0.2) is 17.8 Å². The fraction of sp³-hybridized carbons (Fsp3) is 0.625. The monoisotopic (exact) mass is 265 g/mol. The summed E-state index contributed by atoms with van der Waals surface area (Å²) in [5, 5.41) is 3.57. The largest absolute Gasteiger partial charge is 0.312 e. The molecule has 18 heavy (non-hydrogen) atoms. The van der Waals surface area contributed by atoms with Gasteiger partial charge in [-0.25, -0.2) is 0 Å². The lowest BCUT2D eigenvalue weighted by molar-refractivity contribution is 0.395. The maximum Gasteiger partial charge on any atom is 0.00966 e. The van der Waals surface area contributed by atoms with Crippen LogP contribution in [0.5, 0.6) is 0 Å².